The maximum Gasteiger partial charge on any atom is 0.326 e. The molecule has 0 unspecified atom stereocenters. The van der Waals surface area contributed by atoms with Gasteiger partial charge < -0.3 is 21.9 Å². The van der Waals surface area contributed by atoms with Crippen LogP contribution in [0, 0.1) is 0 Å². The number of benzene rings is 1. The van der Waals surface area contributed by atoms with Gasteiger partial charge in [0.05, 0.1) is 1.37 Å². The number of nitrogens with one attached hydrogen (secondary N) is 1. The fourth-order valence-electron chi connectivity index (χ4n) is 1.53. The molecule has 0 radical (unpaired) electrons. The van der Waals surface area contributed by atoms with Gasteiger partial charge in [-0.2, -0.15) is 0 Å². The lowest BCUT2D eigenvalue weighted by molar-refractivity contribution is -0.139. The molecule has 0 fully saturated rings. The molecule has 0 aliphatic rings. The number of hydrogen-bond acceptors (Lipinski definition) is 3. The van der Waals surface area contributed by atoms with Crippen LogP contribution in [0.4, 0.5) is 0 Å². The lowest BCUT2D eigenvalue weighted by atomic mass is 10.1. The normalized spacial score (nSPS) is 12.1. The van der Waals surface area contributed by atoms with Gasteiger partial charge in [0, 0.05) is 12.1 Å². The highest BCUT2D eigenvalue weighted by atomic mass is 16.4. The van der Waals surface area contributed by atoms with E-state index < -0.39 is 17.9 Å². The van der Waals surface area contributed by atoms with Gasteiger partial charge in [-0.15, -0.1) is 0 Å². The third kappa shape index (κ3) is 5.38. The van der Waals surface area contributed by atoms with Crippen molar-refractivity contribution < 1.29 is 16.1 Å². The van der Waals surface area contributed by atoms with Crippen LogP contribution in [0.25, 0.3) is 0 Å². The summed E-state index contributed by atoms with van der Waals surface area (Å²) < 4.78 is 7.61. The zero-order valence-electron chi connectivity index (χ0n) is 11.9. The molecule has 1 aromatic carbocycles. The van der Waals surface area contributed by atoms with Crippen molar-refractivity contribution in [2.24, 2.45) is 16.5 Å². The fraction of sp³-hybridized carbons (Fsp3) is 0.308. The quantitative estimate of drug-likeness (QED) is 0.315. The van der Waals surface area contributed by atoms with Gasteiger partial charge in [-0.25, -0.2) is 4.79 Å². The van der Waals surface area contributed by atoms with Gasteiger partial charge in [0.2, 0.25) is 0 Å². The predicted octanol–water partition coefficient (Wildman–Crippen LogP) is -0.0768. The van der Waals surface area contributed by atoms with Crippen LogP contribution in [0.1, 0.15) is 24.6 Å². The number of aliphatic imine (C=N–C) groups is 1. The van der Waals surface area contributed by atoms with Crippen LogP contribution in [-0.4, -0.2) is 35.5 Å². The van der Waals surface area contributed by atoms with Crippen LogP contribution in [0.3, 0.4) is 0 Å². The molecule has 0 aliphatic carbocycles. The summed E-state index contributed by atoms with van der Waals surface area (Å²) in [7, 11) is 0. The number of aliphatic carboxylic acids is 1. The zero-order chi connectivity index (χ0) is 15.8. The van der Waals surface area contributed by atoms with E-state index in [-0.39, 0.29) is 30.5 Å². The summed E-state index contributed by atoms with van der Waals surface area (Å²) in [5.41, 5.74) is 10.5. The Morgan fingerprint density at radius 3 is 2.75 bits per heavy atom. The van der Waals surface area contributed by atoms with Crippen molar-refractivity contribution >= 4 is 17.8 Å². The van der Waals surface area contributed by atoms with Crippen molar-refractivity contribution in [3.05, 3.63) is 35.9 Å². The molecule has 1 amide bonds. The van der Waals surface area contributed by atoms with Crippen LogP contribution in [0.2, 0.25) is 0 Å². The van der Waals surface area contributed by atoms with E-state index in [2.05, 4.69) is 10.3 Å². The second-order valence-corrected chi connectivity index (χ2v) is 4.09. The fourth-order valence-corrected chi connectivity index (χ4v) is 1.53. The Hall–Kier alpha value is -2.57. The highest BCUT2D eigenvalue weighted by Gasteiger charge is 2.19. The standard InChI is InChI=1S/C13H18N4O3/c14-13(15)16-8-4-7-10(12(19)20)17-11(18)9-5-2-1-3-6-9/h1-3,5-6,10H,4,7-8H2,(H,17,18)(H,19,20)(H4,14,15,16)/t10-/m0/s1/i5D. The van der Waals surface area contributed by atoms with E-state index in [4.69, 9.17) is 17.9 Å². The molecule has 108 valence electrons. The van der Waals surface area contributed by atoms with Crippen LogP contribution < -0.4 is 16.8 Å². The average molecular weight is 279 g/mol. The number of rotatable bonds is 7. The number of hydrogen-bond donors (Lipinski definition) is 4. The molecule has 0 aromatic heterocycles. The molecule has 0 heterocycles. The highest BCUT2D eigenvalue weighted by Crippen LogP contribution is 2.03. The van der Waals surface area contributed by atoms with E-state index in [0.717, 1.165) is 0 Å². The number of nitrogens with zero attached hydrogens (tertiary/aromatic N) is 1. The Balaban J connectivity index is 2.62. The number of carboxylic acid groups (broad SMARTS) is 1. The average Bonchev–Trinajstić information content (AvgIpc) is 2.41. The van der Waals surface area contributed by atoms with E-state index in [1.807, 2.05) is 0 Å². The molecular formula is C13H18N4O3. The molecule has 6 N–H and O–H groups in total. The second-order valence-electron chi connectivity index (χ2n) is 4.09. The molecule has 1 aromatic rings. The topological polar surface area (TPSA) is 131 Å². The van der Waals surface area contributed by atoms with Crippen molar-refractivity contribution in [2.75, 3.05) is 6.54 Å². The van der Waals surface area contributed by atoms with Gasteiger partial charge in [-0.3, -0.25) is 9.79 Å². The smallest absolute Gasteiger partial charge is 0.326 e. The van der Waals surface area contributed by atoms with Gasteiger partial charge in [0.15, 0.2) is 5.96 Å². The Bertz CT molecular complexity index is 544. The first-order valence-corrected chi connectivity index (χ1v) is 6.06. The first-order valence-electron chi connectivity index (χ1n) is 6.56. The minimum absolute atomic E-state index is 0.0413. The molecule has 7 heteroatoms. The van der Waals surface area contributed by atoms with E-state index in [9.17, 15) is 9.59 Å². The number of carboxylic acids is 1. The van der Waals surface area contributed by atoms with Gasteiger partial charge in [-0.1, -0.05) is 18.2 Å². The molecule has 0 saturated heterocycles. The number of amides is 1. The molecule has 0 spiro atoms. The van der Waals surface area contributed by atoms with Crippen molar-refractivity contribution in [1.29, 1.82) is 0 Å². The molecule has 1 atom stereocenters. The minimum Gasteiger partial charge on any atom is -0.480 e. The number of carbonyl (C=O) groups is 2. The molecule has 20 heavy (non-hydrogen) atoms. The number of guanidine groups is 1. The molecule has 0 bridgehead atoms. The Labute approximate surface area is 118 Å². The summed E-state index contributed by atoms with van der Waals surface area (Å²) >= 11 is 0. The maximum atomic E-state index is 12.0. The number of carbonyl (C=O) groups excluding carboxylic acids is 1. The predicted molar refractivity (Wildman–Crippen MR) is 75.2 cm³/mol. The van der Waals surface area contributed by atoms with E-state index in [1.165, 1.54) is 12.1 Å². The summed E-state index contributed by atoms with van der Waals surface area (Å²) in [6.07, 6.45) is 0.607. The highest BCUT2D eigenvalue weighted by molar-refractivity contribution is 5.96. The van der Waals surface area contributed by atoms with Gasteiger partial charge in [0.1, 0.15) is 6.04 Å². The van der Waals surface area contributed by atoms with Crippen molar-refractivity contribution in [2.45, 2.75) is 18.9 Å². The first kappa shape index (κ1) is 13.9. The van der Waals surface area contributed by atoms with Crippen molar-refractivity contribution in [3.63, 3.8) is 0 Å². The molecule has 1 rings (SSSR count). The van der Waals surface area contributed by atoms with Gasteiger partial charge in [0.25, 0.3) is 5.91 Å². The molecule has 0 saturated carbocycles. The van der Waals surface area contributed by atoms with Crippen LogP contribution in [0.5, 0.6) is 0 Å². The summed E-state index contributed by atoms with van der Waals surface area (Å²) in [5.74, 6) is -1.79. The van der Waals surface area contributed by atoms with Gasteiger partial charge >= 0.3 is 5.97 Å². The lowest BCUT2D eigenvalue weighted by Gasteiger charge is -2.14. The van der Waals surface area contributed by atoms with E-state index in [0.29, 0.717) is 6.42 Å². The van der Waals surface area contributed by atoms with E-state index in [1.54, 1.807) is 12.1 Å². The third-order valence-electron chi connectivity index (χ3n) is 2.50. The SMILES string of the molecule is [2H]c1ccccc1C(=O)N[C@@H](CCCN=C(N)N)C(=O)O. The summed E-state index contributed by atoms with van der Waals surface area (Å²) in [6.45, 7) is 0.289. The summed E-state index contributed by atoms with van der Waals surface area (Å²) in [5, 5.41) is 11.5. The molecule has 7 nitrogen and oxygen atoms in total. The largest absolute Gasteiger partial charge is 0.480 e. The third-order valence-corrected chi connectivity index (χ3v) is 2.50. The lowest BCUT2D eigenvalue weighted by Crippen LogP contribution is -2.40. The zero-order valence-corrected chi connectivity index (χ0v) is 10.9. The second kappa shape index (κ2) is 7.78. The van der Waals surface area contributed by atoms with E-state index >= 15 is 0 Å². The maximum absolute atomic E-state index is 12.0. The number of nitrogens with two attached hydrogens (primary N) is 2. The Kier molecular flexibility index (Phi) is 5.39. The minimum atomic E-state index is -1.14. The Morgan fingerprint density at radius 2 is 2.15 bits per heavy atom. The summed E-state index contributed by atoms with van der Waals surface area (Å²) in [6, 6.07) is 5.16. The van der Waals surface area contributed by atoms with Crippen LogP contribution >= 0.6 is 0 Å². The van der Waals surface area contributed by atoms with Crippen LogP contribution in [0.15, 0.2) is 35.3 Å². The van der Waals surface area contributed by atoms with Crippen molar-refractivity contribution in [1.82, 2.24) is 5.32 Å². The van der Waals surface area contributed by atoms with Gasteiger partial charge in [-0.05, 0) is 25.0 Å². The molecule has 0 aliphatic heterocycles. The Morgan fingerprint density at radius 1 is 1.40 bits per heavy atom. The van der Waals surface area contributed by atoms with Crippen LogP contribution in [-0.2, 0) is 4.79 Å². The monoisotopic (exact) mass is 279 g/mol. The van der Waals surface area contributed by atoms with Crippen molar-refractivity contribution in [3.8, 4) is 0 Å². The first-order chi connectivity index (χ1) is 9.91. The molecular weight excluding hydrogens is 260 g/mol. The summed E-state index contributed by atoms with van der Waals surface area (Å²) in [4.78, 5) is 26.8.